The van der Waals surface area contributed by atoms with E-state index in [4.69, 9.17) is 0 Å². The first-order valence-corrected chi connectivity index (χ1v) is 7.88. The number of fused-ring (bicyclic) bond motifs is 1. The molecule has 20 heavy (non-hydrogen) atoms. The van der Waals surface area contributed by atoms with Gasteiger partial charge < -0.3 is 10.4 Å². The lowest BCUT2D eigenvalue weighted by atomic mass is 9.89. The van der Waals surface area contributed by atoms with Crippen LogP contribution in [0.25, 0.3) is 10.2 Å². The Morgan fingerprint density at radius 1 is 1.30 bits per heavy atom. The van der Waals surface area contributed by atoms with Crippen molar-refractivity contribution in [2.45, 2.75) is 40.5 Å². The van der Waals surface area contributed by atoms with Crippen molar-refractivity contribution < 1.29 is 5.11 Å². The molecule has 0 fully saturated rings. The van der Waals surface area contributed by atoms with Crippen molar-refractivity contribution in [3.63, 3.8) is 0 Å². The topological polar surface area (TPSA) is 58.0 Å². The third-order valence-electron chi connectivity index (χ3n) is 3.48. The van der Waals surface area contributed by atoms with Gasteiger partial charge in [0.05, 0.1) is 5.39 Å². The molecule has 0 aromatic carbocycles. The fourth-order valence-electron chi connectivity index (χ4n) is 2.17. The Bertz CT molecular complexity index is 592. The summed E-state index contributed by atoms with van der Waals surface area (Å²) in [7, 11) is 0. The third kappa shape index (κ3) is 3.46. The van der Waals surface area contributed by atoms with Crippen LogP contribution < -0.4 is 5.32 Å². The minimum absolute atomic E-state index is 0.00309. The Kier molecular flexibility index (Phi) is 4.60. The minimum Gasteiger partial charge on any atom is -0.396 e. The second-order valence-electron chi connectivity index (χ2n) is 6.07. The summed E-state index contributed by atoms with van der Waals surface area (Å²) in [6.07, 6.45) is 2.01. The summed E-state index contributed by atoms with van der Waals surface area (Å²) < 4.78 is 0. The highest BCUT2D eigenvalue weighted by atomic mass is 32.1. The number of aliphatic hydroxyl groups is 1. The van der Waals surface area contributed by atoms with Gasteiger partial charge in [0.1, 0.15) is 16.5 Å². The van der Waals surface area contributed by atoms with E-state index in [1.54, 1.807) is 11.3 Å². The lowest BCUT2D eigenvalue weighted by molar-refractivity contribution is 0.149. The third-order valence-corrected chi connectivity index (χ3v) is 4.47. The van der Waals surface area contributed by atoms with Gasteiger partial charge in [0.2, 0.25) is 0 Å². The zero-order chi connectivity index (χ0) is 14.8. The number of aryl methyl sites for hydroxylation is 2. The average molecular weight is 293 g/mol. The molecule has 0 amide bonds. The van der Waals surface area contributed by atoms with Gasteiger partial charge in [-0.15, -0.1) is 11.3 Å². The molecule has 2 rings (SSSR count). The SMILES string of the molecule is Cc1nc(NCCCC(C)(C)CO)c2c(C)csc2n1. The van der Waals surface area contributed by atoms with Crippen molar-refractivity contribution in [2.24, 2.45) is 5.41 Å². The zero-order valence-corrected chi connectivity index (χ0v) is 13.5. The number of hydrogen-bond acceptors (Lipinski definition) is 5. The van der Waals surface area contributed by atoms with Gasteiger partial charge in [-0.25, -0.2) is 9.97 Å². The second-order valence-corrected chi connectivity index (χ2v) is 6.93. The van der Waals surface area contributed by atoms with Crippen molar-refractivity contribution in [3.8, 4) is 0 Å². The molecule has 2 aromatic rings. The lowest BCUT2D eigenvalue weighted by Crippen LogP contribution is -2.18. The molecule has 0 spiro atoms. The first-order valence-electron chi connectivity index (χ1n) is 7.00. The smallest absolute Gasteiger partial charge is 0.138 e. The van der Waals surface area contributed by atoms with Crippen molar-refractivity contribution >= 4 is 27.4 Å². The van der Waals surface area contributed by atoms with E-state index in [1.807, 2.05) is 6.92 Å². The predicted molar refractivity (Wildman–Crippen MR) is 85.5 cm³/mol. The van der Waals surface area contributed by atoms with Gasteiger partial charge in [0.15, 0.2) is 0 Å². The molecule has 0 unspecified atom stereocenters. The molecule has 4 nitrogen and oxygen atoms in total. The molecule has 0 radical (unpaired) electrons. The van der Waals surface area contributed by atoms with Crippen LogP contribution in [0, 0.1) is 19.3 Å². The first kappa shape index (κ1) is 15.2. The summed E-state index contributed by atoms with van der Waals surface area (Å²) in [6.45, 7) is 9.29. The highest BCUT2D eigenvalue weighted by Crippen LogP contribution is 2.29. The summed E-state index contributed by atoms with van der Waals surface area (Å²) >= 11 is 1.67. The van der Waals surface area contributed by atoms with E-state index >= 15 is 0 Å². The van der Waals surface area contributed by atoms with Gasteiger partial charge in [0.25, 0.3) is 0 Å². The highest BCUT2D eigenvalue weighted by molar-refractivity contribution is 7.17. The van der Waals surface area contributed by atoms with E-state index in [-0.39, 0.29) is 12.0 Å². The van der Waals surface area contributed by atoms with Crippen molar-refractivity contribution in [1.29, 1.82) is 0 Å². The van der Waals surface area contributed by atoms with Crippen LogP contribution in [0.2, 0.25) is 0 Å². The van der Waals surface area contributed by atoms with Gasteiger partial charge in [-0.1, -0.05) is 13.8 Å². The quantitative estimate of drug-likeness (QED) is 0.800. The molecule has 2 aromatic heterocycles. The molecule has 0 aliphatic carbocycles. The van der Waals surface area contributed by atoms with Crippen LogP contribution in [-0.4, -0.2) is 28.2 Å². The Hall–Kier alpha value is -1.20. The molecule has 2 N–H and O–H groups in total. The maximum atomic E-state index is 9.26. The van der Waals surface area contributed by atoms with Gasteiger partial charge in [0, 0.05) is 13.2 Å². The van der Waals surface area contributed by atoms with Crippen molar-refractivity contribution in [1.82, 2.24) is 9.97 Å². The second kappa shape index (κ2) is 6.06. The van der Waals surface area contributed by atoms with Crippen LogP contribution in [-0.2, 0) is 0 Å². The number of thiophene rings is 1. The summed E-state index contributed by atoms with van der Waals surface area (Å²) in [4.78, 5) is 10.0. The van der Waals surface area contributed by atoms with Crippen LogP contribution in [0.1, 0.15) is 38.1 Å². The van der Waals surface area contributed by atoms with Crippen LogP contribution in [0.15, 0.2) is 5.38 Å². The van der Waals surface area contributed by atoms with Gasteiger partial charge >= 0.3 is 0 Å². The number of hydrogen-bond donors (Lipinski definition) is 2. The number of nitrogens with zero attached hydrogens (tertiary/aromatic N) is 2. The molecule has 5 heteroatoms. The summed E-state index contributed by atoms with van der Waals surface area (Å²) in [6, 6.07) is 0. The maximum absolute atomic E-state index is 9.26. The molecule has 0 atom stereocenters. The standard InChI is InChI=1S/C15H23N3OS/c1-10-8-20-14-12(10)13(17-11(2)18-14)16-7-5-6-15(3,4)9-19/h8,19H,5-7,9H2,1-4H3,(H,16,17,18). The normalized spacial score (nSPS) is 12.1. The van der Waals surface area contributed by atoms with Crippen LogP contribution in [0.4, 0.5) is 5.82 Å². The van der Waals surface area contributed by atoms with E-state index in [0.717, 1.165) is 41.2 Å². The van der Waals surface area contributed by atoms with Crippen LogP contribution in [0.3, 0.4) is 0 Å². The minimum atomic E-state index is -0.00309. The van der Waals surface area contributed by atoms with Crippen LogP contribution >= 0.6 is 11.3 Å². The number of aliphatic hydroxyl groups excluding tert-OH is 1. The number of aromatic nitrogens is 2. The molecule has 0 aliphatic rings. The summed E-state index contributed by atoms with van der Waals surface area (Å²) in [5.74, 6) is 1.74. The monoisotopic (exact) mass is 293 g/mol. The average Bonchev–Trinajstić information content (AvgIpc) is 2.76. The molecule has 110 valence electrons. The highest BCUT2D eigenvalue weighted by Gasteiger charge is 2.16. The van der Waals surface area contributed by atoms with Gasteiger partial charge in [-0.2, -0.15) is 0 Å². The molecular formula is C15H23N3OS. The van der Waals surface area contributed by atoms with E-state index in [2.05, 4.69) is 41.4 Å². The van der Waals surface area contributed by atoms with Crippen LogP contribution in [0.5, 0.6) is 0 Å². The zero-order valence-electron chi connectivity index (χ0n) is 12.7. The van der Waals surface area contributed by atoms with E-state index in [9.17, 15) is 5.11 Å². The fourth-order valence-corrected chi connectivity index (χ4v) is 3.14. The van der Waals surface area contributed by atoms with E-state index in [0.29, 0.717) is 0 Å². The number of rotatable bonds is 6. The Morgan fingerprint density at radius 3 is 2.75 bits per heavy atom. The molecule has 0 saturated heterocycles. The molecule has 0 aliphatic heterocycles. The molecule has 0 bridgehead atoms. The largest absolute Gasteiger partial charge is 0.396 e. The van der Waals surface area contributed by atoms with Gasteiger partial charge in [-0.05, 0) is 43.0 Å². The van der Waals surface area contributed by atoms with Crippen molar-refractivity contribution in [2.75, 3.05) is 18.5 Å². The lowest BCUT2D eigenvalue weighted by Gasteiger charge is -2.21. The summed E-state index contributed by atoms with van der Waals surface area (Å²) in [5.41, 5.74) is 1.22. The molecule has 0 saturated carbocycles. The fraction of sp³-hybridized carbons (Fsp3) is 0.600. The molecule has 2 heterocycles. The number of nitrogens with one attached hydrogen (secondary N) is 1. The predicted octanol–water partition coefficient (Wildman–Crippen LogP) is 3.52. The molecular weight excluding hydrogens is 270 g/mol. The Labute approximate surface area is 124 Å². The van der Waals surface area contributed by atoms with Gasteiger partial charge in [-0.3, -0.25) is 0 Å². The van der Waals surface area contributed by atoms with Crippen molar-refractivity contribution in [3.05, 3.63) is 16.8 Å². The van der Waals surface area contributed by atoms with E-state index < -0.39 is 0 Å². The first-order chi connectivity index (χ1) is 9.43. The number of anilines is 1. The maximum Gasteiger partial charge on any atom is 0.138 e. The Morgan fingerprint density at radius 2 is 2.05 bits per heavy atom. The Balaban J connectivity index is 2.05. The summed E-state index contributed by atoms with van der Waals surface area (Å²) in [5, 5.41) is 15.9. The van der Waals surface area contributed by atoms with E-state index in [1.165, 1.54) is 5.56 Å².